The van der Waals surface area contributed by atoms with Crippen LogP contribution in [0.5, 0.6) is 11.5 Å². The molecule has 3 aromatic heterocycles. The maximum absolute atomic E-state index is 5.30. The monoisotopic (exact) mass is 635 g/mol. The third-order valence-corrected chi connectivity index (χ3v) is 4.97. The molecular weight excluding hydrogens is 611 g/mol. The van der Waals surface area contributed by atoms with Crippen LogP contribution in [0.25, 0.3) is 34.0 Å². The maximum atomic E-state index is 5.30. The molecule has 0 aliphatic rings. The Balaban J connectivity index is 0.000000186. The van der Waals surface area contributed by atoms with Crippen LogP contribution in [-0.4, -0.2) is 38.3 Å². The molecule has 0 radical (unpaired) electrons. The summed E-state index contributed by atoms with van der Waals surface area (Å²) in [4.78, 5) is 17.2. The molecule has 5 aromatic rings. The van der Waals surface area contributed by atoms with Gasteiger partial charge in [-0.1, -0.05) is 48.3 Å². The summed E-state index contributed by atoms with van der Waals surface area (Å²) in [6.07, 6.45) is 8.90. The first-order valence-corrected chi connectivity index (χ1v) is 10.2. The fourth-order valence-corrected chi connectivity index (χ4v) is 3.31. The first-order valence-electron chi connectivity index (χ1n) is 10.2. The van der Waals surface area contributed by atoms with Crippen molar-refractivity contribution in [1.29, 1.82) is 0 Å². The van der Waals surface area contributed by atoms with Crippen molar-refractivity contribution in [1.82, 2.24) is 29.1 Å². The fourth-order valence-electron chi connectivity index (χ4n) is 3.31. The van der Waals surface area contributed by atoms with Crippen LogP contribution >= 0.6 is 0 Å². The van der Waals surface area contributed by atoms with E-state index < -0.39 is 0 Å². The Morgan fingerprint density at radius 1 is 1.00 bits per heavy atom. The maximum Gasteiger partial charge on any atom is 2.00 e. The molecule has 0 spiro atoms. The number of aromatic nitrogens is 6. The molecule has 0 N–H and O–H groups in total. The number of nitrogens with zero attached hydrogens (tertiary/aromatic N) is 6. The average molecular weight is 636 g/mol. The molecule has 0 saturated heterocycles. The van der Waals surface area contributed by atoms with Gasteiger partial charge in [0.1, 0.15) is 0 Å². The summed E-state index contributed by atoms with van der Waals surface area (Å²) in [5.74, 6) is 2.24. The van der Waals surface area contributed by atoms with Crippen LogP contribution in [0.1, 0.15) is 0 Å². The van der Waals surface area contributed by atoms with E-state index in [0.29, 0.717) is 5.75 Å². The summed E-state index contributed by atoms with van der Waals surface area (Å²) < 4.78 is 14.2. The van der Waals surface area contributed by atoms with E-state index in [-0.39, 0.29) is 21.1 Å². The Morgan fingerprint density at radius 2 is 1.79 bits per heavy atom. The predicted molar refractivity (Wildman–Crippen MR) is 126 cm³/mol. The summed E-state index contributed by atoms with van der Waals surface area (Å²) in [6.45, 7) is 0. The van der Waals surface area contributed by atoms with Gasteiger partial charge in [-0.2, -0.15) is 0 Å². The average Bonchev–Trinajstić information content (AvgIpc) is 3.60. The molecule has 5 rings (SSSR count). The van der Waals surface area contributed by atoms with Crippen molar-refractivity contribution in [2.75, 3.05) is 14.2 Å². The normalized spacial score (nSPS) is 10.1. The Bertz CT molecular complexity index is 1330. The molecule has 0 saturated carbocycles. The number of hydrogen-bond donors (Lipinski definition) is 0. The molecule has 34 heavy (non-hydrogen) atoms. The summed E-state index contributed by atoms with van der Waals surface area (Å²) in [7, 11) is 7.10. The molecule has 176 valence electrons. The number of aryl methyl sites for hydroxylation is 2. The van der Waals surface area contributed by atoms with Crippen LogP contribution in [0.4, 0.5) is 0 Å². The molecule has 0 atom stereocenters. The third kappa shape index (κ3) is 5.46. The topological polar surface area (TPSA) is 81.1 Å². The number of rotatable bonds is 5. The zero-order valence-corrected chi connectivity index (χ0v) is 21.5. The molecule has 8 nitrogen and oxygen atoms in total. The number of ether oxygens (including phenoxy) is 2. The number of benzene rings is 2. The molecular formula is C25H24N6O2Pt. The van der Waals surface area contributed by atoms with Gasteiger partial charge in [-0.15, -0.1) is 12.1 Å². The van der Waals surface area contributed by atoms with Crippen LogP contribution < -0.4 is 14.5 Å². The summed E-state index contributed by atoms with van der Waals surface area (Å²) >= 11 is 0. The zero-order chi connectivity index (χ0) is 23.2. The molecule has 0 aliphatic carbocycles. The van der Waals surface area contributed by atoms with Gasteiger partial charge in [-0.25, -0.2) is 4.98 Å². The van der Waals surface area contributed by atoms with Crippen LogP contribution in [-0.2, 0) is 35.2 Å². The van der Waals surface area contributed by atoms with Crippen molar-refractivity contribution < 1.29 is 30.5 Å². The second-order valence-corrected chi connectivity index (χ2v) is 7.21. The van der Waals surface area contributed by atoms with Gasteiger partial charge in [0.25, 0.3) is 0 Å². The minimum absolute atomic E-state index is 0. The third-order valence-electron chi connectivity index (χ3n) is 4.97. The van der Waals surface area contributed by atoms with Gasteiger partial charge < -0.3 is 28.6 Å². The van der Waals surface area contributed by atoms with Gasteiger partial charge in [0.15, 0.2) is 0 Å². The Hall–Kier alpha value is -3.64. The van der Waals surface area contributed by atoms with E-state index in [1.54, 1.807) is 39.1 Å². The molecule has 0 fully saturated rings. The van der Waals surface area contributed by atoms with Crippen LogP contribution in [0.3, 0.4) is 0 Å². The van der Waals surface area contributed by atoms with E-state index in [1.165, 1.54) is 0 Å². The quantitative estimate of drug-likeness (QED) is 0.272. The predicted octanol–water partition coefficient (Wildman–Crippen LogP) is 4.01. The van der Waals surface area contributed by atoms with E-state index in [9.17, 15) is 0 Å². The van der Waals surface area contributed by atoms with Gasteiger partial charge >= 0.3 is 21.1 Å². The molecule has 2 aromatic carbocycles. The Kier molecular flexibility index (Phi) is 8.43. The number of imidazole rings is 3. The van der Waals surface area contributed by atoms with Crippen molar-refractivity contribution in [3.05, 3.63) is 79.8 Å². The van der Waals surface area contributed by atoms with Gasteiger partial charge in [0.05, 0.1) is 32.1 Å². The molecule has 0 amide bonds. The van der Waals surface area contributed by atoms with E-state index in [1.807, 2.05) is 72.0 Å². The summed E-state index contributed by atoms with van der Waals surface area (Å²) in [5.41, 5.74) is 4.45. The van der Waals surface area contributed by atoms with E-state index in [4.69, 9.17) is 9.47 Å². The largest absolute Gasteiger partial charge is 2.00 e. The Morgan fingerprint density at radius 3 is 2.41 bits per heavy atom. The molecule has 0 unspecified atom stereocenters. The minimum atomic E-state index is 0. The minimum Gasteiger partial charge on any atom is -0.540 e. The van der Waals surface area contributed by atoms with Gasteiger partial charge in [0, 0.05) is 44.2 Å². The van der Waals surface area contributed by atoms with E-state index >= 15 is 0 Å². The van der Waals surface area contributed by atoms with E-state index in [2.05, 4.69) is 26.0 Å². The SMILES string of the molecule is COc1c[c-]c(-c2nccn2C)c(OC)c1.Cn1cnc(-c2[n-]cnc2-c2ccccc2)c1.[Pt+2]. The van der Waals surface area contributed by atoms with Gasteiger partial charge in [0.2, 0.25) is 0 Å². The smallest absolute Gasteiger partial charge is 0.540 e. The van der Waals surface area contributed by atoms with Crippen molar-refractivity contribution in [2.45, 2.75) is 0 Å². The molecule has 9 heteroatoms. The number of methoxy groups -OCH3 is 2. The Labute approximate surface area is 212 Å². The van der Waals surface area contributed by atoms with Crippen molar-refractivity contribution in [3.8, 4) is 45.5 Å². The van der Waals surface area contributed by atoms with Crippen molar-refractivity contribution in [2.24, 2.45) is 14.1 Å². The fraction of sp³-hybridized carbons (Fsp3) is 0.160. The first kappa shape index (κ1) is 25.0. The van der Waals surface area contributed by atoms with Crippen LogP contribution in [0.2, 0.25) is 0 Å². The van der Waals surface area contributed by atoms with Gasteiger partial charge in [-0.3, -0.25) is 4.98 Å². The second-order valence-electron chi connectivity index (χ2n) is 7.21. The van der Waals surface area contributed by atoms with Gasteiger partial charge in [-0.05, 0) is 17.0 Å². The van der Waals surface area contributed by atoms with Crippen molar-refractivity contribution >= 4 is 0 Å². The summed E-state index contributed by atoms with van der Waals surface area (Å²) in [6, 6.07) is 16.7. The van der Waals surface area contributed by atoms with Crippen molar-refractivity contribution in [3.63, 3.8) is 0 Å². The molecule has 0 aliphatic heterocycles. The molecule has 3 heterocycles. The van der Waals surface area contributed by atoms with E-state index in [0.717, 1.165) is 39.8 Å². The number of hydrogen-bond acceptors (Lipinski definition) is 5. The van der Waals surface area contributed by atoms with Crippen LogP contribution in [0, 0.1) is 6.07 Å². The van der Waals surface area contributed by atoms with Crippen LogP contribution in [0.15, 0.2) is 73.7 Å². The first-order chi connectivity index (χ1) is 16.1. The second kappa shape index (κ2) is 11.5. The summed E-state index contributed by atoms with van der Waals surface area (Å²) in [5, 5.41) is 0. The molecule has 0 bridgehead atoms. The standard InChI is InChI=1S/C13H11N4.C12H13N2O2.Pt/c1-17-7-11(16-9-17)13-12(14-8-15-13)10-5-3-2-4-6-10;1-14-7-6-13-12(14)10-5-4-9(15-2)8-11(10)16-3;/h2-9H,1H3;4,6-8H,1-3H3;/q2*-1;+2. The zero-order valence-electron chi connectivity index (χ0n) is 19.2.